The van der Waals surface area contributed by atoms with Crippen LogP contribution in [-0.2, 0) is 6.54 Å². The Balaban J connectivity index is 2.47. The van der Waals surface area contributed by atoms with Crippen LogP contribution in [0.25, 0.3) is 0 Å². The van der Waals surface area contributed by atoms with Crippen molar-refractivity contribution in [3.05, 3.63) is 35.4 Å². The molecule has 0 aromatic heterocycles. The van der Waals surface area contributed by atoms with Gasteiger partial charge in [0.1, 0.15) is 0 Å². The van der Waals surface area contributed by atoms with Crippen LogP contribution in [0.5, 0.6) is 0 Å². The smallest absolute Gasteiger partial charge is 0.179 e. The summed E-state index contributed by atoms with van der Waals surface area (Å²) in [5.74, 6) is 0. The van der Waals surface area contributed by atoms with Gasteiger partial charge in [-0.3, -0.25) is 4.90 Å². The van der Waals surface area contributed by atoms with E-state index >= 15 is 0 Å². The summed E-state index contributed by atoms with van der Waals surface area (Å²) in [4.78, 5) is 1.70. The fraction of sp³-hybridized carbons (Fsp3) is 0.333. The number of hydrogen-bond donors (Lipinski definition) is 0. The van der Waals surface area contributed by atoms with Crippen LogP contribution in [0.3, 0.4) is 0 Å². The molecule has 1 aliphatic heterocycles. The number of nitrogens with zero attached hydrogens (tertiary/aromatic N) is 1. The zero-order chi connectivity index (χ0) is 7.84. The van der Waals surface area contributed by atoms with Crippen molar-refractivity contribution >= 4 is 0 Å². The second-order valence-electron chi connectivity index (χ2n) is 2.95. The molecule has 0 bridgehead atoms. The third kappa shape index (κ3) is 0.942. The van der Waals surface area contributed by atoms with E-state index in [2.05, 4.69) is 0 Å². The minimum absolute atomic E-state index is 0.733. The first-order chi connectivity index (χ1) is 5.29. The third-order valence-corrected chi connectivity index (χ3v) is 2.12. The molecule has 2 heteroatoms. The Bertz CT molecular complexity index is 272. The summed E-state index contributed by atoms with van der Waals surface area (Å²) in [5.41, 5.74) is 1.94. The number of halogens is 1. The summed E-state index contributed by atoms with van der Waals surface area (Å²) in [5, 5.41) is 0. The van der Waals surface area contributed by atoms with E-state index in [-0.39, 0.29) is 0 Å². The molecule has 1 nitrogen and oxygen atoms in total. The van der Waals surface area contributed by atoms with Gasteiger partial charge >= 0.3 is 0 Å². The van der Waals surface area contributed by atoms with Gasteiger partial charge in [-0.25, -0.2) is 4.39 Å². The molecule has 1 unspecified atom stereocenters. The SMILES string of the molecule is CN1Cc2ccccc2C1F. The molecule has 1 aliphatic rings. The van der Waals surface area contributed by atoms with E-state index in [9.17, 15) is 4.39 Å². The first kappa shape index (κ1) is 6.80. The maximum atomic E-state index is 13.2. The lowest BCUT2D eigenvalue weighted by molar-refractivity contribution is 0.128. The van der Waals surface area contributed by atoms with Gasteiger partial charge in [0.25, 0.3) is 0 Å². The van der Waals surface area contributed by atoms with Crippen molar-refractivity contribution in [2.24, 2.45) is 0 Å². The van der Waals surface area contributed by atoms with Crippen LogP contribution in [0.15, 0.2) is 24.3 Å². The molecule has 0 aliphatic carbocycles. The Labute approximate surface area is 65.4 Å². The maximum Gasteiger partial charge on any atom is 0.179 e. The van der Waals surface area contributed by atoms with E-state index in [0.717, 1.165) is 17.7 Å². The highest BCUT2D eigenvalue weighted by atomic mass is 19.1. The first-order valence-corrected chi connectivity index (χ1v) is 3.71. The molecular weight excluding hydrogens is 141 g/mol. The van der Waals surface area contributed by atoms with E-state index in [1.165, 1.54) is 0 Å². The Hall–Kier alpha value is -0.890. The van der Waals surface area contributed by atoms with E-state index in [1.807, 2.05) is 24.3 Å². The van der Waals surface area contributed by atoms with Gasteiger partial charge in [0.15, 0.2) is 6.30 Å². The van der Waals surface area contributed by atoms with Crippen LogP contribution in [0, 0.1) is 0 Å². The second-order valence-corrected chi connectivity index (χ2v) is 2.95. The molecule has 0 N–H and O–H groups in total. The molecule has 11 heavy (non-hydrogen) atoms. The molecule has 1 atom stereocenters. The topological polar surface area (TPSA) is 3.24 Å². The van der Waals surface area contributed by atoms with Crippen molar-refractivity contribution in [1.82, 2.24) is 4.90 Å². The van der Waals surface area contributed by atoms with Crippen molar-refractivity contribution < 1.29 is 4.39 Å². The van der Waals surface area contributed by atoms with Gasteiger partial charge in [-0.2, -0.15) is 0 Å². The standard InChI is InChI=1S/C9H10FN/c1-11-6-7-4-2-3-5-8(7)9(11)10/h2-5,9H,6H2,1H3. The molecule has 1 aromatic carbocycles. The molecule has 0 saturated carbocycles. The lowest BCUT2D eigenvalue weighted by atomic mass is 10.1. The van der Waals surface area contributed by atoms with Gasteiger partial charge < -0.3 is 0 Å². The molecule has 0 amide bonds. The molecule has 0 fully saturated rings. The predicted molar refractivity (Wildman–Crippen MR) is 41.8 cm³/mol. The zero-order valence-electron chi connectivity index (χ0n) is 6.42. The number of benzene rings is 1. The summed E-state index contributed by atoms with van der Waals surface area (Å²) >= 11 is 0. The van der Waals surface area contributed by atoms with Crippen LogP contribution >= 0.6 is 0 Å². The highest BCUT2D eigenvalue weighted by Crippen LogP contribution is 2.32. The second kappa shape index (κ2) is 2.31. The summed E-state index contributed by atoms with van der Waals surface area (Å²) in [7, 11) is 1.80. The summed E-state index contributed by atoms with van der Waals surface area (Å²) in [6.07, 6.45) is -0.897. The van der Waals surface area contributed by atoms with E-state index in [4.69, 9.17) is 0 Å². The number of rotatable bonds is 0. The van der Waals surface area contributed by atoms with Crippen LogP contribution in [0.2, 0.25) is 0 Å². The van der Waals surface area contributed by atoms with Gasteiger partial charge in [0.2, 0.25) is 0 Å². The van der Waals surface area contributed by atoms with Crippen molar-refractivity contribution in [1.29, 1.82) is 0 Å². The van der Waals surface area contributed by atoms with Crippen LogP contribution in [0.1, 0.15) is 17.4 Å². The predicted octanol–water partition coefficient (Wildman–Crippen LogP) is 2.10. The average molecular weight is 151 g/mol. The third-order valence-electron chi connectivity index (χ3n) is 2.12. The van der Waals surface area contributed by atoms with Crippen molar-refractivity contribution in [2.75, 3.05) is 7.05 Å². The summed E-state index contributed by atoms with van der Waals surface area (Å²) < 4.78 is 13.2. The molecule has 0 saturated heterocycles. The van der Waals surface area contributed by atoms with Crippen molar-refractivity contribution in [3.63, 3.8) is 0 Å². The van der Waals surface area contributed by atoms with Gasteiger partial charge in [0, 0.05) is 12.1 Å². The van der Waals surface area contributed by atoms with Gasteiger partial charge in [-0.05, 0) is 12.6 Å². The molecule has 0 spiro atoms. The largest absolute Gasteiger partial charge is 0.269 e. The normalized spacial score (nSPS) is 23.6. The molecule has 1 heterocycles. The van der Waals surface area contributed by atoms with Crippen LogP contribution in [-0.4, -0.2) is 11.9 Å². The van der Waals surface area contributed by atoms with E-state index in [1.54, 1.807) is 11.9 Å². The molecular formula is C9H10FN. The Kier molecular flexibility index (Phi) is 1.43. The minimum Gasteiger partial charge on any atom is -0.269 e. The van der Waals surface area contributed by atoms with Gasteiger partial charge in [-0.1, -0.05) is 24.3 Å². The molecule has 2 rings (SSSR count). The fourth-order valence-electron chi connectivity index (χ4n) is 1.50. The Morgan fingerprint density at radius 2 is 2.18 bits per heavy atom. The molecule has 58 valence electrons. The number of alkyl halides is 1. The van der Waals surface area contributed by atoms with Crippen LogP contribution < -0.4 is 0 Å². The van der Waals surface area contributed by atoms with E-state index in [0.29, 0.717) is 0 Å². The first-order valence-electron chi connectivity index (χ1n) is 3.71. The summed E-state index contributed by atoms with van der Waals surface area (Å²) in [6, 6.07) is 7.66. The Morgan fingerprint density at radius 1 is 1.45 bits per heavy atom. The summed E-state index contributed by atoms with van der Waals surface area (Å²) in [6.45, 7) is 0.733. The van der Waals surface area contributed by atoms with Crippen LogP contribution in [0.4, 0.5) is 4.39 Å². The number of fused-ring (bicyclic) bond motifs is 1. The fourth-order valence-corrected chi connectivity index (χ4v) is 1.50. The maximum absolute atomic E-state index is 13.2. The molecule has 0 radical (unpaired) electrons. The van der Waals surface area contributed by atoms with Crippen molar-refractivity contribution in [3.8, 4) is 0 Å². The highest BCUT2D eigenvalue weighted by Gasteiger charge is 2.25. The van der Waals surface area contributed by atoms with Gasteiger partial charge in [0.05, 0.1) is 0 Å². The lowest BCUT2D eigenvalue weighted by Gasteiger charge is -2.09. The molecule has 1 aromatic rings. The van der Waals surface area contributed by atoms with E-state index < -0.39 is 6.30 Å². The monoisotopic (exact) mass is 151 g/mol. The zero-order valence-corrected chi connectivity index (χ0v) is 6.42. The lowest BCUT2D eigenvalue weighted by Crippen LogP contribution is -2.11. The average Bonchev–Trinajstić information content (AvgIpc) is 2.30. The minimum atomic E-state index is -0.897. The highest BCUT2D eigenvalue weighted by molar-refractivity contribution is 5.32. The van der Waals surface area contributed by atoms with Gasteiger partial charge in [-0.15, -0.1) is 0 Å². The quantitative estimate of drug-likeness (QED) is 0.513. The van der Waals surface area contributed by atoms with Crippen molar-refractivity contribution in [2.45, 2.75) is 12.8 Å². The Morgan fingerprint density at radius 3 is 2.91 bits per heavy atom. The number of hydrogen-bond acceptors (Lipinski definition) is 1.